The monoisotopic (exact) mass is 317 g/mol. The maximum Gasteiger partial charge on any atom is 0.339 e. The van der Waals surface area contributed by atoms with E-state index in [1.54, 1.807) is 0 Å². The molecule has 9 heteroatoms. The number of nitrogens with zero attached hydrogens (tertiary/aromatic N) is 1. The van der Waals surface area contributed by atoms with Crippen LogP contribution in [0.3, 0.4) is 0 Å². The lowest BCUT2D eigenvalue weighted by Gasteiger charge is -2.09. The Bertz CT molecular complexity index is 639. The number of carbonyl (C=O) groups is 1. The van der Waals surface area contributed by atoms with E-state index in [1.165, 1.54) is 13.0 Å². The quantitative estimate of drug-likeness (QED) is 0.437. The van der Waals surface area contributed by atoms with Crippen molar-refractivity contribution in [2.24, 2.45) is 0 Å². The first-order chi connectivity index (χ1) is 9.76. The Labute approximate surface area is 121 Å². The van der Waals surface area contributed by atoms with E-state index in [-0.39, 0.29) is 41.5 Å². The summed E-state index contributed by atoms with van der Waals surface area (Å²) in [6.07, 6.45) is 0.215. The molecule has 8 nitrogen and oxygen atoms in total. The van der Waals surface area contributed by atoms with E-state index in [2.05, 4.69) is 0 Å². The van der Waals surface area contributed by atoms with Crippen molar-refractivity contribution in [3.05, 3.63) is 33.9 Å². The number of nitro benzene ring substituents is 1. The van der Waals surface area contributed by atoms with Gasteiger partial charge in [0, 0.05) is 17.9 Å². The lowest BCUT2D eigenvalue weighted by atomic mass is 10.2. The van der Waals surface area contributed by atoms with Crippen LogP contribution in [0, 0.1) is 10.1 Å². The number of aromatic carboxylic acids is 1. The molecule has 1 rings (SSSR count). The van der Waals surface area contributed by atoms with Crippen molar-refractivity contribution in [1.82, 2.24) is 0 Å². The van der Waals surface area contributed by atoms with Crippen LogP contribution < -0.4 is 4.74 Å². The van der Waals surface area contributed by atoms with Gasteiger partial charge in [-0.15, -0.1) is 0 Å². The van der Waals surface area contributed by atoms with E-state index in [4.69, 9.17) is 9.84 Å². The molecule has 0 saturated carbocycles. The van der Waals surface area contributed by atoms with Crippen molar-refractivity contribution in [2.75, 3.05) is 18.1 Å². The van der Waals surface area contributed by atoms with Crippen LogP contribution in [0.15, 0.2) is 18.2 Å². The summed E-state index contributed by atoms with van der Waals surface area (Å²) in [5, 5.41) is 19.6. The molecular weight excluding hydrogens is 302 g/mol. The van der Waals surface area contributed by atoms with Crippen molar-refractivity contribution in [3.8, 4) is 5.75 Å². The summed E-state index contributed by atoms with van der Waals surface area (Å²) >= 11 is 0. The lowest BCUT2D eigenvalue weighted by molar-refractivity contribution is -0.384. The summed E-state index contributed by atoms with van der Waals surface area (Å²) in [6, 6.07) is 3.22. The average Bonchev–Trinajstić information content (AvgIpc) is 2.43. The number of hydrogen-bond donors (Lipinski definition) is 1. The predicted molar refractivity (Wildman–Crippen MR) is 74.5 cm³/mol. The zero-order valence-electron chi connectivity index (χ0n) is 11.3. The van der Waals surface area contributed by atoms with E-state index in [9.17, 15) is 23.3 Å². The number of nitro groups is 1. The molecule has 0 aliphatic rings. The molecule has 0 fully saturated rings. The molecule has 21 heavy (non-hydrogen) atoms. The summed E-state index contributed by atoms with van der Waals surface area (Å²) in [7, 11) is -3.10. The SMILES string of the molecule is CCS(=O)(=O)CCCOc1ccc([N+](=O)[O-])cc1C(=O)O. The van der Waals surface area contributed by atoms with Crippen molar-refractivity contribution < 1.29 is 28.0 Å². The number of rotatable bonds is 8. The summed E-state index contributed by atoms with van der Waals surface area (Å²) < 4.78 is 27.8. The first kappa shape index (κ1) is 16.9. The van der Waals surface area contributed by atoms with Crippen LogP contribution >= 0.6 is 0 Å². The summed E-state index contributed by atoms with van der Waals surface area (Å²) in [4.78, 5) is 20.9. The normalized spacial score (nSPS) is 11.1. The third-order valence-electron chi connectivity index (χ3n) is 2.70. The van der Waals surface area contributed by atoms with Gasteiger partial charge < -0.3 is 9.84 Å². The number of carboxylic acid groups (broad SMARTS) is 1. The Hall–Kier alpha value is -2.16. The molecule has 0 saturated heterocycles. The van der Waals surface area contributed by atoms with Gasteiger partial charge in [0.05, 0.1) is 17.3 Å². The van der Waals surface area contributed by atoms with Gasteiger partial charge in [0.15, 0.2) is 0 Å². The standard InChI is InChI=1S/C12H15NO7S/c1-2-21(18,19)7-3-6-20-11-5-4-9(13(16)17)8-10(11)12(14)15/h4-5,8H,2-3,6-7H2,1H3,(H,14,15). The molecule has 1 aromatic carbocycles. The zero-order valence-corrected chi connectivity index (χ0v) is 12.1. The molecule has 116 valence electrons. The molecule has 0 aliphatic heterocycles. The maximum atomic E-state index is 11.3. The van der Waals surface area contributed by atoms with Crippen LogP contribution in [0.25, 0.3) is 0 Å². The van der Waals surface area contributed by atoms with E-state index < -0.39 is 20.7 Å². The highest BCUT2D eigenvalue weighted by atomic mass is 32.2. The molecule has 0 atom stereocenters. The van der Waals surface area contributed by atoms with Crippen LogP contribution in [-0.4, -0.2) is 42.5 Å². The highest BCUT2D eigenvalue weighted by Gasteiger charge is 2.17. The molecule has 0 bridgehead atoms. The largest absolute Gasteiger partial charge is 0.493 e. The first-order valence-corrected chi connectivity index (χ1v) is 7.94. The number of non-ortho nitro benzene ring substituents is 1. The van der Waals surface area contributed by atoms with Crippen LogP contribution in [0.4, 0.5) is 5.69 Å². The minimum Gasteiger partial charge on any atom is -0.493 e. The van der Waals surface area contributed by atoms with Crippen molar-refractivity contribution in [1.29, 1.82) is 0 Å². The number of sulfone groups is 1. The topological polar surface area (TPSA) is 124 Å². The van der Waals surface area contributed by atoms with Gasteiger partial charge in [-0.1, -0.05) is 6.92 Å². The molecule has 0 spiro atoms. The van der Waals surface area contributed by atoms with Crippen molar-refractivity contribution >= 4 is 21.5 Å². The molecule has 0 unspecified atom stereocenters. The Morgan fingerprint density at radius 1 is 1.43 bits per heavy atom. The molecule has 0 aromatic heterocycles. The highest BCUT2D eigenvalue weighted by molar-refractivity contribution is 7.91. The van der Waals surface area contributed by atoms with E-state index >= 15 is 0 Å². The van der Waals surface area contributed by atoms with Crippen molar-refractivity contribution in [3.63, 3.8) is 0 Å². The zero-order chi connectivity index (χ0) is 16.0. The predicted octanol–water partition coefficient (Wildman–Crippen LogP) is 1.50. The van der Waals surface area contributed by atoms with Crippen molar-refractivity contribution in [2.45, 2.75) is 13.3 Å². The second-order valence-electron chi connectivity index (χ2n) is 4.18. The fourth-order valence-corrected chi connectivity index (χ4v) is 2.38. The fourth-order valence-electron chi connectivity index (χ4n) is 1.53. The first-order valence-electron chi connectivity index (χ1n) is 6.12. The summed E-state index contributed by atoms with van der Waals surface area (Å²) in [5.74, 6) is -1.40. The molecule has 0 heterocycles. The van der Waals surface area contributed by atoms with Gasteiger partial charge in [0.25, 0.3) is 5.69 Å². The van der Waals surface area contributed by atoms with Gasteiger partial charge in [-0.05, 0) is 12.5 Å². The van der Waals surface area contributed by atoms with Gasteiger partial charge in [0.1, 0.15) is 21.2 Å². The summed E-state index contributed by atoms with van der Waals surface area (Å²) in [6.45, 7) is 1.55. The molecule has 0 aliphatic carbocycles. The van der Waals surface area contributed by atoms with Crippen LogP contribution in [0.1, 0.15) is 23.7 Å². The highest BCUT2D eigenvalue weighted by Crippen LogP contribution is 2.24. The fraction of sp³-hybridized carbons (Fsp3) is 0.417. The third-order valence-corrected chi connectivity index (χ3v) is 4.49. The van der Waals surface area contributed by atoms with Gasteiger partial charge in [-0.3, -0.25) is 10.1 Å². The Morgan fingerprint density at radius 2 is 2.10 bits per heavy atom. The molecule has 1 aromatic rings. The number of benzene rings is 1. The number of hydrogen-bond acceptors (Lipinski definition) is 6. The second kappa shape index (κ2) is 7.02. The minimum atomic E-state index is -3.10. The smallest absolute Gasteiger partial charge is 0.339 e. The Morgan fingerprint density at radius 3 is 2.62 bits per heavy atom. The van der Waals surface area contributed by atoms with Crippen LogP contribution in [-0.2, 0) is 9.84 Å². The third kappa shape index (κ3) is 5.03. The van der Waals surface area contributed by atoms with E-state index in [0.29, 0.717) is 0 Å². The number of ether oxygens (including phenoxy) is 1. The molecule has 1 N–H and O–H groups in total. The van der Waals surface area contributed by atoms with Gasteiger partial charge in [0.2, 0.25) is 0 Å². The van der Waals surface area contributed by atoms with E-state index in [1.807, 2.05) is 0 Å². The second-order valence-corrected chi connectivity index (χ2v) is 6.65. The molecular formula is C12H15NO7S. The van der Waals surface area contributed by atoms with Crippen LogP contribution in [0.2, 0.25) is 0 Å². The Kier molecular flexibility index (Phi) is 5.65. The summed E-state index contributed by atoms with van der Waals surface area (Å²) in [5.41, 5.74) is -0.684. The lowest BCUT2D eigenvalue weighted by Crippen LogP contribution is -2.12. The van der Waals surface area contributed by atoms with Crippen LogP contribution in [0.5, 0.6) is 5.75 Å². The Balaban J connectivity index is 2.75. The maximum absolute atomic E-state index is 11.3. The van der Waals surface area contributed by atoms with E-state index in [0.717, 1.165) is 12.1 Å². The van der Waals surface area contributed by atoms with Gasteiger partial charge >= 0.3 is 5.97 Å². The van der Waals surface area contributed by atoms with Gasteiger partial charge in [-0.25, -0.2) is 13.2 Å². The van der Waals surface area contributed by atoms with Gasteiger partial charge in [-0.2, -0.15) is 0 Å². The number of carboxylic acids is 1. The minimum absolute atomic E-state index is 0.0112. The molecule has 0 radical (unpaired) electrons. The average molecular weight is 317 g/mol. The molecule has 0 amide bonds.